The maximum Gasteiger partial charge on any atom is 0.203 e. The van der Waals surface area contributed by atoms with Gasteiger partial charge in [-0.15, -0.1) is 0 Å². The van der Waals surface area contributed by atoms with Crippen LogP contribution in [0.15, 0.2) is 12.1 Å². The second-order valence-electron chi connectivity index (χ2n) is 5.28. The van der Waals surface area contributed by atoms with E-state index in [0.717, 1.165) is 18.5 Å². The van der Waals surface area contributed by atoms with Crippen molar-refractivity contribution in [1.82, 2.24) is 4.90 Å². The van der Waals surface area contributed by atoms with Crippen LogP contribution in [0.3, 0.4) is 0 Å². The van der Waals surface area contributed by atoms with Crippen molar-refractivity contribution in [3.63, 3.8) is 0 Å². The molecule has 0 saturated carbocycles. The molecule has 1 heterocycles. The van der Waals surface area contributed by atoms with E-state index in [2.05, 4.69) is 4.90 Å². The highest BCUT2D eigenvalue weighted by atomic mass is 16.5. The molecule has 0 spiro atoms. The lowest BCUT2D eigenvalue weighted by Gasteiger charge is -2.17. The first kappa shape index (κ1) is 15.9. The predicted octanol–water partition coefficient (Wildman–Crippen LogP) is 2.03. The molecule has 0 bridgehead atoms. The molecule has 118 valence electrons. The smallest absolute Gasteiger partial charge is 0.203 e. The predicted molar refractivity (Wildman–Crippen MR) is 83.2 cm³/mol. The summed E-state index contributed by atoms with van der Waals surface area (Å²) in [6, 6.07) is 3.80. The average molecular weight is 294 g/mol. The summed E-state index contributed by atoms with van der Waals surface area (Å²) >= 11 is 0. The van der Waals surface area contributed by atoms with E-state index in [1.165, 1.54) is 25.9 Å². The number of likely N-dealkylation sites (tertiary alicyclic amines) is 1. The summed E-state index contributed by atoms with van der Waals surface area (Å²) in [6.07, 6.45) is 3.65. The summed E-state index contributed by atoms with van der Waals surface area (Å²) in [5.41, 5.74) is 6.65. The number of hydrogen-bond acceptors (Lipinski definition) is 5. The van der Waals surface area contributed by atoms with Crippen LogP contribution >= 0.6 is 0 Å². The molecule has 0 aromatic heterocycles. The minimum Gasteiger partial charge on any atom is -0.493 e. The second-order valence-corrected chi connectivity index (χ2v) is 5.28. The van der Waals surface area contributed by atoms with Gasteiger partial charge in [0.2, 0.25) is 5.75 Å². The number of nitrogens with zero attached hydrogens (tertiary/aromatic N) is 1. The summed E-state index contributed by atoms with van der Waals surface area (Å²) in [4.78, 5) is 2.48. The van der Waals surface area contributed by atoms with Crippen LogP contribution in [-0.2, 0) is 6.54 Å². The summed E-state index contributed by atoms with van der Waals surface area (Å²) in [5, 5.41) is 0. The van der Waals surface area contributed by atoms with Crippen molar-refractivity contribution < 1.29 is 14.2 Å². The number of hydrogen-bond donors (Lipinski definition) is 1. The lowest BCUT2D eigenvalue weighted by atomic mass is 10.2. The molecule has 0 aliphatic carbocycles. The van der Waals surface area contributed by atoms with E-state index in [4.69, 9.17) is 19.9 Å². The molecule has 1 aromatic carbocycles. The summed E-state index contributed by atoms with van der Waals surface area (Å²) in [6.45, 7) is 4.63. The van der Waals surface area contributed by atoms with Crippen molar-refractivity contribution in [2.24, 2.45) is 5.73 Å². The van der Waals surface area contributed by atoms with Crippen LogP contribution in [0.2, 0.25) is 0 Å². The highest BCUT2D eigenvalue weighted by Gasteiger charge is 2.15. The fourth-order valence-electron chi connectivity index (χ4n) is 2.66. The molecule has 5 heteroatoms. The van der Waals surface area contributed by atoms with E-state index >= 15 is 0 Å². The molecule has 21 heavy (non-hydrogen) atoms. The Kier molecular flexibility index (Phi) is 6.14. The first-order chi connectivity index (χ1) is 10.3. The standard InChI is InChI=1S/C16H26N2O3/c1-19-14-10-13(12-17)11-15(20-2)16(14)21-9-5-8-18-6-3-4-7-18/h10-11H,3-9,12,17H2,1-2H3. The first-order valence-electron chi connectivity index (χ1n) is 7.58. The average Bonchev–Trinajstić information content (AvgIpc) is 3.04. The highest BCUT2D eigenvalue weighted by Crippen LogP contribution is 2.38. The van der Waals surface area contributed by atoms with Gasteiger partial charge in [0, 0.05) is 13.1 Å². The van der Waals surface area contributed by atoms with Gasteiger partial charge in [0.05, 0.1) is 20.8 Å². The van der Waals surface area contributed by atoms with Crippen molar-refractivity contribution in [2.45, 2.75) is 25.8 Å². The zero-order valence-corrected chi connectivity index (χ0v) is 13.1. The molecule has 1 aromatic rings. The van der Waals surface area contributed by atoms with Crippen molar-refractivity contribution in [3.8, 4) is 17.2 Å². The van der Waals surface area contributed by atoms with Crippen LogP contribution in [0.4, 0.5) is 0 Å². The fraction of sp³-hybridized carbons (Fsp3) is 0.625. The van der Waals surface area contributed by atoms with Crippen LogP contribution in [0.1, 0.15) is 24.8 Å². The topological polar surface area (TPSA) is 57.0 Å². The van der Waals surface area contributed by atoms with Gasteiger partial charge < -0.3 is 24.8 Å². The van der Waals surface area contributed by atoms with Crippen LogP contribution in [-0.4, -0.2) is 45.4 Å². The maximum atomic E-state index is 5.89. The Morgan fingerprint density at radius 2 is 1.71 bits per heavy atom. The largest absolute Gasteiger partial charge is 0.493 e. The molecular formula is C16H26N2O3. The zero-order chi connectivity index (χ0) is 15.1. The summed E-state index contributed by atoms with van der Waals surface area (Å²) < 4.78 is 16.7. The highest BCUT2D eigenvalue weighted by molar-refractivity contribution is 5.53. The number of ether oxygens (including phenoxy) is 3. The molecule has 2 N–H and O–H groups in total. The van der Waals surface area contributed by atoms with Gasteiger partial charge in [-0.2, -0.15) is 0 Å². The van der Waals surface area contributed by atoms with E-state index < -0.39 is 0 Å². The molecule has 1 aliphatic heterocycles. The fourth-order valence-corrected chi connectivity index (χ4v) is 2.66. The van der Waals surface area contributed by atoms with Gasteiger partial charge in [0.15, 0.2) is 11.5 Å². The minimum atomic E-state index is 0.446. The second kappa shape index (κ2) is 8.10. The van der Waals surface area contributed by atoms with Gasteiger partial charge in [0.1, 0.15) is 0 Å². The van der Waals surface area contributed by atoms with E-state index in [1.54, 1.807) is 14.2 Å². The van der Waals surface area contributed by atoms with E-state index in [-0.39, 0.29) is 0 Å². The minimum absolute atomic E-state index is 0.446. The van der Waals surface area contributed by atoms with Gasteiger partial charge in [-0.05, 0) is 50.0 Å². The van der Waals surface area contributed by atoms with Crippen LogP contribution in [0.25, 0.3) is 0 Å². The molecule has 0 atom stereocenters. The van der Waals surface area contributed by atoms with E-state index in [9.17, 15) is 0 Å². The molecule has 1 aliphatic rings. The molecule has 5 nitrogen and oxygen atoms in total. The Morgan fingerprint density at radius 1 is 1.10 bits per heavy atom. The van der Waals surface area contributed by atoms with E-state index in [0.29, 0.717) is 30.4 Å². The summed E-state index contributed by atoms with van der Waals surface area (Å²) in [5.74, 6) is 2.02. The third-order valence-corrected chi connectivity index (χ3v) is 3.82. The molecule has 0 amide bonds. The third-order valence-electron chi connectivity index (χ3n) is 3.82. The summed E-state index contributed by atoms with van der Waals surface area (Å²) in [7, 11) is 3.26. The van der Waals surface area contributed by atoms with Crippen molar-refractivity contribution >= 4 is 0 Å². The van der Waals surface area contributed by atoms with Gasteiger partial charge in [0.25, 0.3) is 0 Å². The molecule has 1 saturated heterocycles. The zero-order valence-electron chi connectivity index (χ0n) is 13.1. The van der Waals surface area contributed by atoms with Crippen molar-refractivity contribution in [1.29, 1.82) is 0 Å². The molecule has 2 rings (SSSR count). The lowest BCUT2D eigenvalue weighted by Crippen LogP contribution is -2.22. The molecule has 0 radical (unpaired) electrons. The Balaban J connectivity index is 1.94. The Labute approximate surface area is 127 Å². The van der Waals surface area contributed by atoms with Crippen LogP contribution < -0.4 is 19.9 Å². The van der Waals surface area contributed by atoms with Crippen molar-refractivity contribution in [2.75, 3.05) is 40.5 Å². The van der Waals surface area contributed by atoms with Crippen LogP contribution in [0.5, 0.6) is 17.2 Å². The monoisotopic (exact) mass is 294 g/mol. The number of rotatable bonds is 8. The third kappa shape index (κ3) is 4.25. The normalized spacial score (nSPS) is 15.2. The molecule has 1 fully saturated rings. The van der Waals surface area contributed by atoms with Crippen molar-refractivity contribution in [3.05, 3.63) is 17.7 Å². The Morgan fingerprint density at radius 3 is 2.24 bits per heavy atom. The lowest BCUT2D eigenvalue weighted by molar-refractivity contribution is 0.244. The Hall–Kier alpha value is -1.46. The quantitative estimate of drug-likeness (QED) is 0.743. The van der Waals surface area contributed by atoms with Crippen LogP contribution in [0, 0.1) is 0 Å². The van der Waals surface area contributed by atoms with Gasteiger partial charge in [-0.3, -0.25) is 0 Å². The number of benzene rings is 1. The van der Waals surface area contributed by atoms with E-state index in [1.807, 2.05) is 12.1 Å². The molecule has 0 unspecified atom stereocenters. The van der Waals surface area contributed by atoms with Gasteiger partial charge in [-0.1, -0.05) is 0 Å². The van der Waals surface area contributed by atoms with Gasteiger partial charge in [-0.25, -0.2) is 0 Å². The molecular weight excluding hydrogens is 268 g/mol. The first-order valence-corrected chi connectivity index (χ1v) is 7.58. The number of nitrogens with two attached hydrogens (primary N) is 1. The van der Waals surface area contributed by atoms with Gasteiger partial charge >= 0.3 is 0 Å². The number of methoxy groups -OCH3 is 2. The SMILES string of the molecule is COc1cc(CN)cc(OC)c1OCCCN1CCCC1. The maximum absolute atomic E-state index is 5.89. The Bertz CT molecular complexity index is 420.